The highest BCUT2D eigenvalue weighted by Gasteiger charge is 2.32. The number of aliphatic carboxylic acids is 1. The van der Waals surface area contributed by atoms with Gasteiger partial charge in [-0.1, -0.05) is 37.6 Å². The van der Waals surface area contributed by atoms with E-state index in [0.29, 0.717) is 23.9 Å². The van der Waals surface area contributed by atoms with E-state index in [1.165, 1.54) is 0 Å². The first kappa shape index (κ1) is 16.0. The summed E-state index contributed by atoms with van der Waals surface area (Å²) in [5, 5.41) is 13.2. The summed E-state index contributed by atoms with van der Waals surface area (Å²) in [6.07, 6.45) is 1.49. The standard InChI is InChI=1S/C15H22ClNO2/c1-11(2)7-8-15(3,14(18)19)17-10-12-5-4-6-13(16)9-12/h4-6,9,11,17H,7-8,10H2,1-3H3,(H,18,19). The average molecular weight is 284 g/mol. The maximum absolute atomic E-state index is 11.4. The number of nitrogens with one attached hydrogen (secondary N) is 1. The Balaban J connectivity index is 2.66. The fourth-order valence-electron chi connectivity index (χ4n) is 1.79. The topological polar surface area (TPSA) is 49.3 Å². The van der Waals surface area contributed by atoms with E-state index in [1.54, 1.807) is 13.0 Å². The molecule has 0 saturated heterocycles. The van der Waals surface area contributed by atoms with Gasteiger partial charge in [0, 0.05) is 11.6 Å². The van der Waals surface area contributed by atoms with Crippen LogP contribution >= 0.6 is 11.6 Å². The monoisotopic (exact) mass is 283 g/mol. The third kappa shape index (κ3) is 5.21. The van der Waals surface area contributed by atoms with Crippen molar-refractivity contribution in [1.82, 2.24) is 5.32 Å². The van der Waals surface area contributed by atoms with Crippen molar-refractivity contribution in [1.29, 1.82) is 0 Å². The second-order valence-corrected chi connectivity index (χ2v) is 5.99. The molecule has 0 fully saturated rings. The Labute approximate surface area is 120 Å². The van der Waals surface area contributed by atoms with Crippen LogP contribution in [0.5, 0.6) is 0 Å². The summed E-state index contributed by atoms with van der Waals surface area (Å²) in [7, 11) is 0. The number of carboxylic acid groups (broad SMARTS) is 1. The van der Waals surface area contributed by atoms with E-state index in [1.807, 2.05) is 18.2 Å². The van der Waals surface area contributed by atoms with E-state index in [9.17, 15) is 9.90 Å². The Kier molecular flexibility index (Phi) is 5.83. The van der Waals surface area contributed by atoms with E-state index in [0.717, 1.165) is 12.0 Å². The second kappa shape index (κ2) is 6.92. The van der Waals surface area contributed by atoms with E-state index in [2.05, 4.69) is 19.2 Å². The van der Waals surface area contributed by atoms with Crippen molar-refractivity contribution < 1.29 is 9.90 Å². The van der Waals surface area contributed by atoms with Gasteiger partial charge < -0.3 is 5.11 Å². The summed E-state index contributed by atoms with van der Waals surface area (Å²) in [5.41, 5.74) is 0.0941. The summed E-state index contributed by atoms with van der Waals surface area (Å²) in [5.74, 6) is -0.318. The van der Waals surface area contributed by atoms with Crippen molar-refractivity contribution in [2.24, 2.45) is 5.92 Å². The molecule has 1 rings (SSSR count). The number of hydrogen-bond acceptors (Lipinski definition) is 2. The highest BCUT2D eigenvalue weighted by atomic mass is 35.5. The average Bonchev–Trinajstić information content (AvgIpc) is 2.34. The Morgan fingerprint density at radius 3 is 2.68 bits per heavy atom. The van der Waals surface area contributed by atoms with Crippen LogP contribution in [0.15, 0.2) is 24.3 Å². The largest absolute Gasteiger partial charge is 0.480 e. The number of halogens is 1. The van der Waals surface area contributed by atoms with Crippen LogP contribution in [0, 0.1) is 5.92 Å². The number of benzene rings is 1. The molecule has 19 heavy (non-hydrogen) atoms. The van der Waals surface area contributed by atoms with Gasteiger partial charge in [0.05, 0.1) is 0 Å². The fourth-order valence-corrected chi connectivity index (χ4v) is 2.01. The number of carboxylic acids is 1. The summed E-state index contributed by atoms with van der Waals surface area (Å²) >= 11 is 5.92. The Hall–Kier alpha value is -1.06. The van der Waals surface area contributed by atoms with E-state index < -0.39 is 11.5 Å². The third-order valence-electron chi connectivity index (χ3n) is 3.27. The fraction of sp³-hybridized carbons (Fsp3) is 0.533. The van der Waals surface area contributed by atoms with Crippen molar-refractivity contribution in [3.05, 3.63) is 34.9 Å². The molecule has 4 heteroatoms. The summed E-state index contributed by atoms with van der Waals surface area (Å²) in [6, 6.07) is 7.45. The molecule has 0 saturated carbocycles. The van der Waals surface area contributed by atoms with Crippen LogP contribution in [-0.4, -0.2) is 16.6 Å². The molecule has 0 aliphatic carbocycles. The molecule has 106 valence electrons. The molecule has 3 nitrogen and oxygen atoms in total. The highest BCUT2D eigenvalue weighted by molar-refractivity contribution is 6.30. The molecular formula is C15H22ClNO2. The van der Waals surface area contributed by atoms with E-state index >= 15 is 0 Å². The predicted molar refractivity (Wildman–Crippen MR) is 78.4 cm³/mol. The van der Waals surface area contributed by atoms with Crippen molar-refractivity contribution in [2.45, 2.75) is 45.7 Å². The van der Waals surface area contributed by atoms with Crippen molar-refractivity contribution in [2.75, 3.05) is 0 Å². The number of carbonyl (C=O) groups is 1. The first-order chi connectivity index (χ1) is 8.83. The Morgan fingerprint density at radius 1 is 1.47 bits per heavy atom. The summed E-state index contributed by atoms with van der Waals surface area (Å²) in [4.78, 5) is 11.4. The molecule has 0 aliphatic rings. The molecule has 1 atom stereocenters. The van der Waals surface area contributed by atoms with Gasteiger partial charge in [-0.3, -0.25) is 10.1 Å². The molecule has 1 aromatic carbocycles. The van der Waals surface area contributed by atoms with E-state index in [4.69, 9.17) is 11.6 Å². The SMILES string of the molecule is CC(C)CCC(C)(NCc1cccc(Cl)c1)C(=O)O. The van der Waals surface area contributed by atoms with Gasteiger partial charge >= 0.3 is 5.97 Å². The zero-order valence-corrected chi connectivity index (χ0v) is 12.5. The molecule has 0 radical (unpaired) electrons. The third-order valence-corrected chi connectivity index (χ3v) is 3.50. The molecule has 0 aromatic heterocycles. The van der Waals surface area contributed by atoms with Gasteiger partial charge in [-0.05, 0) is 43.4 Å². The minimum atomic E-state index is -0.896. The normalized spacial score (nSPS) is 14.4. The maximum Gasteiger partial charge on any atom is 0.323 e. The van der Waals surface area contributed by atoms with Crippen LogP contribution in [0.25, 0.3) is 0 Å². The lowest BCUT2D eigenvalue weighted by molar-refractivity contribution is -0.144. The van der Waals surface area contributed by atoms with Crippen LogP contribution in [0.3, 0.4) is 0 Å². The van der Waals surface area contributed by atoms with Gasteiger partial charge in [0.25, 0.3) is 0 Å². The molecule has 1 aromatic rings. The lowest BCUT2D eigenvalue weighted by Gasteiger charge is -2.27. The first-order valence-electron chi connectivity index (χ1n) is 6.56. The van der Waals surface area contributed by atoms with Gasteiger partial charge in [-0.25, -0.2) is 0 Å². The van der Waals surface area contributed by atoms with Crippen LogP contribution < -0.4 is 5.32 Å². The van der Waals surface area contributed by atoms with Crippen molar-refractivity contribution in [3.63, 3.8) is 0 Å². The lowest BCUT2D eigenvalue weighted by atomic mass is 9.91. The predicted octanol–water partition coefficient (Wildman–Crippen LogP) is 3.71. The van der Waals surface area contributed by atoms with Gasteiger partial charge in [0.15, 0.2) is 0 Å². The summed E-state index contributed by atoms with van der Waals surface area (Å²) in [6.45, 7) is 6.43. The van der Waals surface area contributed by atoms with Crippen LogP contribution in [0.2, 0.25) is 5.02 Å². The van der Waals surface area contributed by atoms with Crippen molar-refractivity contribution >= 4 is 17.6 Å². The molecule has 0 amide bonds. The zero-order chi connectivity index (χ0) is 14.5. The van der Waals surface area contributed by atoms with Crippen molar-refractivity contribution in [3.8, 4) is 0 Å². The van der Waals surface area contributed by atoms with Gasteiger partial charge in [0.1, 0.15) is 5.54 Å². The van der Waals surface area contributed by atoms with Crippen LogP contribution in [-0.2, 0) is 11.3 Å². The molecule has 2 N–H and O–H groups in total. The quantitative estimate of drug-likeness (QED) is 0.802. The number of hydrogen-bond donors (Lipinski definition) is 2. The number of rotatable bonds is 7. The molecular weight excluding hydrogens is 262 g/mol. The molecule has 0 aliphatic heterocycles. The molecule has 0 heterocycles. The summed E-state index contributed by atoms with van der Waals surface area (Å²) < 4.78 is 0. The Bertz CT molecular complexity index is 434. The smallest absolute Gasteiger partial charge is 0.323 e. The molecule has 0 spiro atoms. The van der Waals surface area contributed by atoms with Crippen LogP contribution in [0.4, 0.5) is 0 Å². The second-order valence-electron chi connectivity index (χ2n) is 5.55. The minimum Gasteiger partial charge on any atom is -0.480 e. The minimum absolute atomic E-state index is 0.492. The molecule has 0 bridgehead atoms. The van der Waals surface area contributed by atoms with Gasteiger partial charge in [0.2, 0.25) is 0 Å². The maximum atomic E-state index is 11.4. The zero-order valence-electron chi connectivity index (χ0n) is 11.7. The van der Waals surface area contributed by atoms with Crippen LogP contribution in [0.1, 0.15) is 39.2 Å². The van der Waals surface area contributed by atoms with Gasteiger partial charge in [-0.2, -0.15) is 0 Å². The van der Waals surface area contributed by atoms with Gasteiger partial charge in [-0.15, -0.1) is 0 Å². The highest BCUT2D eigenvalue weighted by Crippen LogP contribution is 2.18. The lowest BCUT2D eigenvalue weighted by Crippen LogP contribution is -2.49. The van der Waals surface area contributed by atoms with E-state index in [-0.39, 0.29) is 0 Å². The molecule has 1 unspecified atom stereocenters. The first-order valence-corrected chi connectivity index (χ1v) is 6.94. The Morgan fingerprint density at radius 2 is 2.16 bits per heavy atom.